The summed E-state index contributed by atoms with van der Waals surface area (Å²) in [7, 11) is 3.37. The van der Waals surface area contributed by atoms with Gasteiger partial charge in [-0.3, -0.25) is 19.3 Å². The Bertz CT molecular complexity index is 759. The van der Waals surface area contributed by atoms with Crippen LogP contribution in [0.3, 0.4) is 0 Å². The normalized spacial score (nSPS) is 17.1. The minimum absolute atomic E-state index is 0.0201. The Hall–Kier alpha value is -2.74. The number of carbonyl (C=O) groups is 2. The van der Waals surface area contributed by atoms with Gasteiger partial charge in [-0.1, -0.05) is 6.07 Å². The van der Waals surface area contributed by atoms with Crippen molar-refractivity contribution in [3.05, 3.63) is 30.6 Å². The average Bonchev–Trinajstić information content (AvgIpc) is 3.16. The number of hydrogen-bond donors (Lipinski definition) is 1. The minimum atomic E-state index is -0.374. The molecule has 2 aromatic rings. The van der Waals surface area contributed by atoms with E-state index in [1.54, 1.807) is 36.1 Å². The molecule has 0 saturated carbocycles. The van der Waals surface area contributed by atoms with E-state index in [4.69, 9.17) is 4.74 Å². The van der Waals surface area contributed by atoms with Gasteiger partial charge in [-0.15, -0.1) is 0 Å². The summed E-state index contributed by atoms with van der Waals surface area (Å²) >= 11 is 0. The van der Waals surface area contributed by atoms with Crippen molar-refractivity contribution in [2.45, 2.75) is 6.42 Å². The molecule has 0 aliphatic carbocycles. The molecule has 1 unspecified atom stereocenters. The summed E-state index contributed by atoms with van der Waals surface area (Å²) in [4.78, 5) is 30.5. The van der Waals surface area contributed by atoms with Crippen LogP contribution < -0.4 is 5.32 Å². The van der Waals surface area contributed by atoms with E-state index < -0.39 is 0 Å². The highest BCUT2D eigenvalue weighted by atomic mass is 16.5. The summed E-state index contributed by atoms with van der Waals surface area (Å²) in [5.74, 6) is -0.576. The fourth-order valence-electron chi connectivity index (χ4n) is 2.87. The van der Waals surface area contributed by atoms with Gasteiger partial charge in [0.15, 0.2) is 0 Å². The lowest BCUT2D eigenvalue weighted by molar-refractivity contribution is -0.128. The van der Waals surface area contributed by atoms with E-state index in [1.807, 2.05) is 18.2 Å². The van der Waals surface area contributed by atoms with Gasteiger partial charge in [0.05, 0.1) is 23.9 Å². The molecule has 2 aromatic heterocycles. The van der Waals surface area contributed by atoms with Crippen LogP contribution >= 0.6 is 0 Å². The van der Waals surface area contributed by atoms with Crippen LogP contribution in [0, 0.1) is 5.92 Å². The van der Waals surface area contributed by atoms with Crippen molar-refractivity contribution in [1.29, 1.82) is 0 Å². The number of aryl methyl sites for hydroxylation is 1. The largest absolute Gasteiger partial charge is 0.383 e. The molecule has 132 valence electrons. The fourth-order valence-corrected chi connectivity index (χ4v) is 2.87. The molecule has 0 aromatic carbocycles. The first kappa shape index (κ1) is 17.1. The minimum Gasteiger partial charge on any atom is -0.383 e. The predicted molar refractivity (Wildman–Crippen MR) is 91.6 cm³/mol. The van der Waals surface area contributed by atoms with E-state index in [-0.39, 0.29) is 24.2 Å². The molecule has 8 nitrogen and oxygen atoms in total. The molecule has 2 amide bonds. The molecular formula is C17H21N5O3. The first-order valence-corrected chi connectivity index (χ1v) is 8.11. The molecule has 1 saturated heterocycles. The van der Waals surface area contributed by atoms with Gasteiger partial charge in [-0.25, -0.2) is 0 Å². The van der Waals surface area contributed by atoms with Gasteiger partial charge in [-0.05, 0) is 12.1 Å². The number of anilines is 1. The van der Waals surface area contributed by atoms with E-state index in [9.17, 15) is 9.59 Å². The van der Waals surface area contributed by atoms with Crippen molar-refractivity contribution >= 4 is 17.5 Å². The summed E-state index contributed by atoms with van der Waals surface area (Å²) in [6.07, 6.45) is 3.63. The first-order valence-electron chi connectivity index (χ1n) is 8.11. The van der Waals surface area contributed by atoms with Gasteiger partial charge in [-0.2, -0.15) is 5.10 Å². The van der Waals surface area contributed by atoms with Crippen LogP contribution in [0.25, 0.3) is 11.4 Å². The lowest BCUT2D eigenvalue weighted by atomic mass is 10.1. The number of pyridine rings is 1. The summed E-state index contributed by atoms with van der Waals surface area (Å²) in [5, 5.41) is 7.27. The Balaban J connectivity index is 1.71. The smallest absolute Gasteiger partial charge is 0.229 e. The Morgan fingerprint density at radius 3 is 3.00 bits per heavy atom. The SMILES string of the molecule is COCCN1CC(C(=O)Nc2cn(C)nc2-c2ccccn2)CC1=O. The van der Waals surface area contributed by atoms with Crippen molar-refractivity contribution in [3.8, 4) is 11.4 Å². The van der Waals surface area contributed by atoms with Gasteiger partial charge in [0.25, 0.3) is 0 Å². The molecule has 1 fully saturated rings. The zero-order valence-electron chi connectivity index (χ0n) is 14.3. The van der Waals surface area contributed by atoms with Crippen LogP contribution in [0.15, 0.2) is 30.6 Å². The summed E-state index contributed by atoms with van der Waals surface area (Å²) in [6, 6.07) is 5.53. The lowest BCUT2D eigenvalue weighted by Crippen LogP contribution is -2.30. The maximum Gasteiger partial charge on any atom is 0.229 e. The summed E-state index contributed by atoms with van der Waals surface area (Å²) in [5.41, 5.74) is 1.88. The molecule has 1 aliphatic heterocycles. The molecule has 0 bridgehead atoms. The molecule has 1 atom stereocenters. The van der Waals surface area contributed by atoms with Crippen molar-refractivity contribution in [2.24, 2.45) is 13.0 Å². The Labute approximate surface area is 145 Å². The van der Waals surface area contributed by atoms with E-state index in [0.29, 0.717) is 36.8 Å². The highest BCUT2D eigenvalue weighted by Gasteiger charge is 2.34. The zero-order valence-corrected chi connectivity index (χ0v) is 14.3. The van der Waals surface area contributed by atoms with E-state index >= 15 is 0 Å². The van der Waals surface area contributed by atoms with Crippen LogP contribution in [-0.2, 0) is 21.4 Å². The molecule has 8 heteroatoms. The molecule has 0 spiro atoms. The maximum atomic E-state index is 12.6. The summed E-state index contributed by atoms with van der Waals surface area (Å²) in [6.45, 7) is 1.38. The van der Waals surface area contributed by atoms with E-state index in [1.165, 1.54) is 0 Å². The number of hydrogen-bond acceptors (Lipinski definition) is 5. The van der Waals surface area contributed by atoms with Gasteiger partial charge in [0.2, 0.25) is 11.8 Å². The molecular weight excluding hydrogens is 322 g/mol. The number of nitrogens with zero attached hydrogens (tertiary/aromatic N) is 4. The molecule has 1 N–H and O–H groups in total. The highest BCUT2D eigenvalue weighted by molar-refractivity contribution is 5.99. The highest BCUT2D eigenvalue weighted by Crippen LogP contribution is 2.26. The van der Waals surface area contributed by atoms with Gasteiger partial charge >= 0.3 is 0 Å². The van der Waals surface area contributed by atoms with Crippen LogP contribution in [0.5, 0.6) is 0 Å². The number of likely N-dealkylation sites (tertiary alicyclic amines) is 1. The first-order chi connectivity index (χ1) is 12.1. The third-order valence-corrected chi connectivity index (χ3v) is 4.14. The molecule has 3 rings (SSSR count). The third-order valence-electron chi connectivity index (χ3n) is 4.14. The number of carbonyl (C=O) groups excluding carboxylic acids is 2. The Kier molecular flexibility index (Phi) is 5.08. The monoisotopic (exact) mass is 343 g/mol. The maximum absolute atomic E-state index is 12.6. The molecule has 1 aliphatic rings. The van der Waals surface area contributed by atoms with Crippen LogP contribution in [-0.4, -0.2) is 58.3 Å². The third kappa shape index (κ3) is 3.85. The van der Waals surface area contributed by atoms with Crippen molar-refractivity contribution in [3.63, 3.8) is 0 Å². The van der Waals surface area contributed by atoms with Crippen LogP contribution in [0.1, 0.15) is 6.42 Å². The zero-order chi connectivity index (χ0) is 17.8. The Morgan fingerprint density at radius 2 is 2.28 bits per heavy atom. The van der Waals surface area contributed by atoms with Gasteiger partial charge in [0, 0.05) is 46.1 Å². The molecule has 3 heterocycles. The number of methoxy groups -OCH3 is 1. The van der Waals surface area contributed by atoms with Crippen molar-refractivity contribution < 1.29 is 14.3 Å². The second kappa shape index (κ2) is 7.43. The number of aromatic nitrogens is 3. The van der Waals surface area contributed by atoms with Crippen LogP contribution in [0.4, 0.5) is 5.69 Å². The second-order valence-electron chi connectivity index (χ2n) is 6.00. The number of nitrogens with one attached hydrogen (secondary N) is 1. The fraction of sp³-hybridized carbons (Fsp3) is 0.412. The average molecular weight is 343 g/mol. The van der Waals surface area contributed by atoms with Crippen LogP contribution in [0.2, 0.25) is 0 Å². The topological polar surface area (TPSA) is 89.3 Å². The number of ether oxygens (including phenoxy) is 1. The molecule has 25 heavy (non-hydrogen) atoms. The van der Waals surface area contributed by atoms with Crippen molar-refractivity contribution in [1.82, 2.24) is 19.7 Å². The number of amides is 2. The summed E-state index contributed by atoms with van der Waals surface area (Å²) < 4.78 is 6.63. The second-order valence-corrected chi connectivity index (χ2v) is 6.00. The molecule has 0 radical (unpaired) electrons. The van der Waals surface area contributed by atoms with E-state index in [0.717, 1.165) is 0 Å². The number of rotatable bonds is 6. The predicted octanol–water partition coefficient (Wildman–Crippen LogP) is 0.915. The standard InChI is InChI=1S/C17H21N5O3/c1-21-11-14(16(20-21)13-5-3-4-6-18-13)19-17(24)12-9-15(23)22(10-12)7-8-25-2/h3-6,11-12H,7-10H2,1-2H3,(H,19,24). The Morgan fingerprint density at radius 1 is 1.44 bits per heavy atom. The van der Waals surface area contributed by atoms with Crippen molar-refractivity contribution in [2.75, 3.05) is 32.1 Å². The quantitative estimate of drug-likeness (QED) is 0.842. The van der Waals surface area contributed by atoms with Gasteiger partial charge in [0.1, 0.15) is 5.69 Å². The van der Waals surface area contributed by atoms with E-state index in [2.05, 4.69) is 15.4 Å². The van der Waals surface area contributed by atoms with Gasteiger partial charge < -0.3 is 15.0 Å². The lowest BCUT2D eigenvalue weighted by Gasteiger charge is -2.15.